The lowest BCUT2D eigenvalue weighted by atomic mass is 10.0. The number of azide groups is 1. The van der Waals surface area contributed by atoms with Crippen LogP contribution >= 0.6 is 0 Å². The van der Waals surface area contributed by atoms with Crippen LogP contribution in [-0.4, -0.2) is 28.8 Å². The Morgan fingerprint density at radius 2 is 1.96 bits per heavy atom. The Balaban J connectivity index is 2.86. The molecule has 23 heavy (non-hydrogen) atoms. The smallest absolute Gasteiger partial charge is 0.408 e. The van der Waals surface area contributed by atoms with Crippen LogP contribution in [0, 0.1) is 0 Å². The van der Waals surface area contributed by atoms with E-state index in [2.05, 4.69) is 15.3 Å². The lowest BCUT2D eigenvalue weighted by Crippen LogP contribution is -2.44. The molecule has 1 rings (SSSR count). The number of alkyl carbamates (subject to hydrolysis) is 1. The van der Waals surface area contributed by atoms with Gasteiger partial charge in [0.15, 0.2) is 0 Å². The molecule has 8 heteroatoms. The lowest BCUT2D eigenvalue weighted by molar-refractivity contribution is -0.139. The second kappa shape index (κ2) is 8.05. The third-order valence-electron chi connectivity index (χ3n) is 2.84. The first-order valence-corrected chi connectivity index (χ1v) is 7.03. The molecule has 2 N–H and O–H groups in total. The summed E-state index contributed by atoms with van der Waals surface area (Å²) in [5.74, 6) is -1.17. The second-order valence-corrected chi connectivity index (χ2v) is 5.90. The van der Waals surface area contributed by atoms with Crippen molar-refractivity contribution in [3.05, 3.63) is 45.8 Å². The minimum absolute atomic E-state index is 0.0612. The minimum atomic E-state index is -1.17. The molecule has 8 nitrogen and oxygen atoms in total. The van der Waals surface area contributed by atoms with Gasteiger partial charge in [0.25, 0.3) is 0 Å². The summed E-state index contributed by atoms with van der Waals surface area (Å²) in [6.45, 7) is 5.19. The molecule has 0 bridgehead atoms. The molecule has 0 saturated carbocycles. The highest BCUT2D eigenvalue weighted by Crippen LogP contribution is 2.14. The van der Waals surface area contributed by atoms with Gasteiger partial charge >= 0.3 is 12.1 Å². The van der Waals surface area contributed by atoms with E-state index in [0.717, 1.165) is 0 Å². The molecule has 1 unspecified atom stereocenters. The number of nitrogens with one attached hydrogen (secondary N) is 1. The fourth-order valence-corrected chi connectivity index (χ4v) is 1.89. The van der Waals surface area contributed by atoms with Gasteiger partial charge in [0.2, 0.25) is 0 Å². The van der Waals surface area contributed by atoms with E-state index in [1.54, 1.807) is 45.0 Å². The van der Waals surface area contributed by atoms with Gasteiger partial charge in [0, 0.05) is 11.3 Å². The third kappa shape index (κ3) is 6.71. The van der Waals surface area contributed by atoms with Gasteiger partial charge in [-0.2, -0.15) is 0 Å². The second-order valence-electron chi connectivity index (χ2n) is 5.90. The van der Waals surface area contributed by atoms with E-state index in [4.69, 9.17) is 10.3 Å². The normalized spacial score (nSPS) is 12.0. The summed E-state index contributed by atoms with van der Waals surface area (Å²) in [5, 5.41) is 15.1. The Labute approximate surface area is 134 Å². The van der Waals surface area contributed by atoms with Crippen LogP contribution in [0.15, 0.2) is 29.4 Å². The van der Waals surface area contributed by atoms with Crippen LogP contribution in [-0.2, 0) is 22.5 Å². The molecule has 1 aromatic carbocycles. The van der Waals surface area contributed by atoms with Crippen LogP contribution in [0.5, 0.6) is 0 Å². The van der Waals surface area contributed by atoms with Crippen molar-refractivity contribution in [3.8, 4) is 0 Å². The van der Waals surface area contributed by atoms with Crippen molar-refractivity contribution >= 4 is 12.1 Å². The summed E-state index contributed by atoms with van der Waals surface area (Å²) in [5.41, 5.74) is 9.08. The van der Waals surface area contributed by atoms with Crippen molar-refractivity contribution < 1.29 is 19.4 Å². The largest absolute Gasteiger partial charge is 0.480 e. The number of hydrogen-bond donors (Lipinski definition) is 2. The van der Waals surface area contributed by atoms with Crippen LogP contribution in [0.25, 0.3) is 10.4 Å². The molecular formula is C15H20N4O4. The number of ether oxygens (including phenoxy) is 1. The third-order valence-corrected chi connectivity index (χ3v) is 2.84. The van der Waals surface area contributed by atoms with Gasteiger partial charge < -0.3 is 15.2 Å². The van der Waals surface area contributed by atoms with Gasteiger partial charge in [-0.1, -0.05) is 29.4 Å². The number of carbonyl (C=O) groups excluding carboxylic acids is 1. The highest BCUT2D eigenvalue weighted by molar-refractivity contribution is 5.80. The summed E-state index contributed by atoms with van der Waals surface area (Å²) in [4.78, 5) is 25.8. The summed E-state index contributed by atoms with van der Waals surface area (Å²) in [7, 11) is 0. The maximum Gasteiger partial charge on any atom is 0.408 e. The molecule has 0 aliphatic heterocycles. The maximum absolute atomic E-state index is 11.8. The highest BCUT2D eigenvalue weighted by atomic mass is 16.6. The van der Waals surface area contributed by atoms with Crippen molar-refractivity contribution in [2.24, 2.45) is 5.11 Å². The zero-order chi connectivity index (χ0) is 17.5. The van der Waals surface area contributed by atoms with Crippen LogP contribution < -0.4 is 5.32 Å². The summed E-state index contributed by atoms with van der Waals surface area (Å²) in [6.07, 6.45) is -0.733. The first-order chi connectivity index (χ1) is 10.7. The quantitative estimate of drug-likeness (QED) is 0.474. The van der Waals surface area contributed by atoms with E-state index in [9.17, 15) is 14.7 Å². The first-order valence-electron chi connectivity index (χ1n) is 7.03. The van der Waals surface area contributed by atoms with Gasteiger partial charge in [-0.25, -0.2) is 9.59 Å². The van der Waals surface area contributed by atoms with Crippen LogP contribution in [0.2, 0.25) is 0 Å². The molecule has 0 aliphatic carbocycles. The standard InChI is InChI=1S/C15H20N4O4/c1-15(2,3)23-14(22)18-12(13(20)21)8-10-6-4-5-7-11(10)9-17-19-16/h4-7,12H,8-9H2,1-3H3,(H,18,22)(H,20,21). The fraction of sp³-hybridized carbons (Fsp3) is 0.467. The van der Waals surface area contributed by atoms with E-state index in [0.29, 0.717) is 11.1 Å². The molecule has 0 radical (unpaired) electrons. The summed E-state index contributed by atoms with van der Waals surface area (Å²) < 4.78 is 5.07. The molecule has 1 aromatic rings. The van der Waals surface area contributed by atoms with Crippen molar-refractivity contribution in [2.45, 2.75) is 45.4 Å². The van der Waals surface area contributed by atoms with Gasteiger partial charge in [0.1, 0.15) is 11.6 Å². The Kier molecular flexibility index (Phi) is 6.41. The molecule has 0 aromatic heterocycles. The number of benzene rings is 1. The van der Waals surface area contributed by atoms with E-state index in [1.165, 1.54) is 0 Å². The number of amides is 1. The van der Waals surface area contributed by atoms with Gasteiger partial charge in [-0.15, -0.1) is 0 Å². The van der Waals surface area contributed by atoms with Crippen molar-refractivity contribution in [3.63, 3.8) is 0 Å². The van der Waals surface area contributed by atoms with E-state index in [-0.39, 0.29) is 13.0 Å². The SMILES string of the molecule is CC(C)(C)OC(=O)NC(Cc1ccccc1CN=[N+]=[N-])C(=O)O. The summed E-state index contributed by atoms with van der Waals surface area (Å²) >= 11 is 0. The number of carbonyl (C=O) groups is 2. The average Bonchev–Trinajstić information content (AvgIpc) is 2.43. The monoisotopic (exact) mass is 320 g/mol. The predicted molar refractivity (Wildman–Crippen MR) is 83.8 cm³/mol. The van der Waals surface area contributed by atoms with E-state index in [1.807, 2.05) is 0 Å². The highest BCUT2D eigenvalue weighted by Gasteiger charge is 2.24. The molecule has 0 heterocycles. The minimum Gasteiger partial charge on any atom is -0.480 e. The lowest BCUT2D eigenvalue weighted by Gasteiger charge is -2.22. The Morgan fingerprint density at radius 3 is 2.48 bits per heavy atom. The van der Waals surface area contributed by atoms with E-state index < -0.39 is 23.7 Å². The number of carboxylic acids is 1. The van der Waals surface area contributed by atoms with Crippen molar-refractivity contribution in [2.75, 3.05) is 0 Å². The molecular weight excluding hydrogens is 300 g/mol. The zero-order valence-electron chi connectivity index (χ0n) is 13.3. The molecule has 0 spiro atoms. The zero-order valence-corrected chi connectivity index (χ0v) is 13.3. The van der Waals surface area contributed by atoms with Gasteiger partial charge in [-0.3, -0.25) is 0 Å². The fourth-order valence-electron chi connectivity index (χ4n) is 1.89. The molecule has 1 amide bonds. The number of hydrogen-bond acceptors (Lipinski definition) is 4. The molecule has 1 atom stereocenters. The topological polar surface area (TPSA) is 124 Å². The molecule has 124 valence electrons. The number of nitrogens with zero attached hydrogens (tertiary/aromatic N) is 3. The van der Waals surface area contributed by atoms with Crippen LogP contribution in [0.3, 0.4) is 0 Å². The van der Waals surface area contributed by atoms with Crippen molar-refractivity contribution in [1.82, 2.24) is 5.32 Å². The Hall–Kier alpha value is -2.73. The van der Waals surface area contributed by atoms with E-state index >= 15 is 0 Å². The Bertz CT molecular complexity index is 618. The first kappa shape index (κ1) is 18.3. The average molecular weight is 320 g/mol. The van der Waals surface area contributed by atoms with Gasteiger partial charge in [0.05, 0.1) is 6.54 Å². The molecule has 0 aliphatic rings. The predicted octanol–water partition coefficient (Wildman–Crippen LogP) is 3.02. The van der Waals surface area contributed by atoms with Gasteiger partial charge in [-0.05, 0) is 37.4 Å². The van der Waals surface area contributed by atoms with Crippen LogP contribution in [0.1, 0.15) is 31.9 Å². The Morgan fingerprint density at radius 1 is 1.35 bits per heavy atom. The number of rotatable bonds is 6. The molecule has 0 saturated heterocycles. The maximum atomic E-state index is 11.8. The van der Waals surface area contributed by atoms with Crippen LogP contribution in [0.4, 0.5) is 4.79 Å². The molecule has 0 fully saturated rings. The number of carboxylic acid groups (broad SMARTS) is 1. The summed E-state index contributed by atoms with van der Waals surface area (Å²) in [6, 6.07) is 5.85. The van der Waals surface area contributed by atoms with Crippen molar-refractivity contribution in [1.29, 1.82) is 0 Å². The number of aliphatic carboxylic acids is 1.